The number of ether oxygens (including phenoxy) is 2. The number of aromatic hydroxyl groups is 1. The zero-order valence-electron chi connectivity index (χ0n) is 19.9. The summed E-state index contributed by atoms with van der Waals surface area (Å²) in [5.41, 5.74) is 1.87. The van der Waals surface area contributed by atoms with Gasteiger partial charge in [0.1, 0.15) is 28.6 Å². The molecule has 0 aliphatic heterocycles. The molecule has 0 saturated heterocycles. The molecule has 0 atom stereocenters. The minimum absolute atomic E-state index is 0.0166. The van der Waals surface area contributed by atoms with E-state index in [4.69, 9.17) is 25.5 Å². The predicted octanol–water partition coefficient (Wildman–Crippen LogP) is 6.01. The van der Waals surface area contributed by atoms with Crippen LogP contribution in [0, 0.1) is 0 Å². The number of aromatic amines is 1. The predicted molar refractivity (Wildman–Crippen MR) is 136 cm³/mol. The van der Waals surface area contributed by atoms with Gasteiger partial charge in [-0.2, -0.15) is 0 Å². The fourth-order valence-corrected chi connectivity index (χ4v) is 4.28. The van der Waals surface area contributed by atoms with Gasteiger partial charge in [0.2, 0.25) is 5.89 Å². The van der Waals surface area contributed by atoms with E-state index in [9.17, 15) is 9.90 Å². The molecule has 4 rings (SSSR count). The van der Waals surface area contributed by atoms with Crippen molar-refractivity contribution in [2.24, 2.45) is 0 Å². The van der Waals surface area contributed by atoms with Crippen molar-refractivity contribution >= 4 is 11.6 Å². The van der Waals surface area contributed by atoms with Crippen LogP contribution >= 0.6 is 11.6 Å². The number of unbranched alkanes of at least 4 members (excludes halogenated alkanes) is 1. The number of H-pyrrole nitrogens is 1. The summed E-state index contributed by atoms with van der Waals surface area (Å²) in [4.78, 5) is 20.4. The molecule has 2 N–H and O–H groups in total. The Morgan fingerprint density at radius 1 is 1.03 bits per heavy atom. The molecule has 0 aliphatic rings. The van der Waals surface area contributed by atoms with Gasteiger partial charge in [-0.15, -0.1) is 0 Å². The van der Waals surface area contributed by atoms with Gasteiger partial charge < -0.3 is 24.0 Å². The third-order valence-corrected chi connectivity index (χ3v) is 6.18. The summed E-state index contributed by atoms with van der Waals surface area (Å²) in [6, 6.07) is 12.8. The van der Waals surface area contributed by atoms with Gasteiger partial charge in [0.25, 0.3) is 5.56 Å². The molecule has 8 heteroatoms. The number of rotatable bonds is 9. The lowest BCUT2D eigenvalue weighted by Gasteiger charge is -2.18. The normalized spacial score (nSPS) is 11.0. The van der Waals surface area contributed by atoms with Crippen LogP contribution in [0.1, 0.15) is 36.8 Å². The topological polar surface area (TPSA) is 97.6 Å². The maximum absolute atomic E-state index is 13.1. The number of aryl methyl sites for hydroxylation is 1. The maximum atomic E-state index is 13.1. The summed E-state index contributed by atoms with van der Waals surface area (Å²) in [5.74, 6) is 1.29. The molecule has 0 aliphatic carbocycles. The summed E-state index contributed by atoms with van der Waals surface area (Å²) >= 11 is 6.27. The number of aromatic nitrogens is 2. The first kappa shape index (κ1) is 24.4. The summed E-state index contributed by atoms with van der Waals surface area (Å²) in [7, 11) is 3.09. The van der Waals surface area contributed by atoms with Crippen LogP contribution in [0.25, 0.3) is 22.6 Å². The lowest BCUT2D eigenvalue weighted by Crippen LogP contribution is -2.14. The van der Waals surface area contributed by atoms with Gasteiger partial charge >= 0.3 is 0 Å². The van der Waals surface area contributed by atoms with E-state index in [0.29, 0.717) is 51.9 Å². The molecule has 7 nitrogen and oxygen atoms in total. The van der Waals surface area contributed by atoms with Crippen molar-refractivity contribution in [1.29, 1.82) is 0 Å². The van der Waals surface area contributed by atoms with Crippen molar-refractivity contribution in [2.45, 2.75) is 32.6 Å². The third kappa shape index (κ3) is 4.91. The number of hydrogen-bond donors (Lipinski definition) is 2. The van der Waals surface area contributed by atoms with Gasteiger partial charge in [0, 0.05) is 17.1 Å². The SMILES string of the molecule is CCCCc1[nH]c(=O)c(-c2ncc(Cc3ccccc3Cl)o2)c(O)c1-c1c(OC)cccc1OC. The second-order valence-electron chi connectivity index (χ2n) is 8.07. The largest absolute Gasteiger partial charge is 0.506 e. The number of halogens is 1. The smallest absolute Gasteiger partial charge is 0.264 e. The van der Waals surface area contributed by atoms with Crippen LogP contribution in [-0.4, -0.2) is 29.3 Å². The van der Waals surface area contributed by atoms with Crippen molar-refractivity contribution in [3.8, 4) is 39.8 Å². The molecule has 0 fully saturated rings. The number of nitrogens with one attached hydrogen (secondary N) is 1. The highest BCUT2D eigenvalue weighted by molar-refractivity contribution is 6.31. The van der Waals surface area contributed by atoms with Crippen molar-refractivity contribution < 1.29 is 19.0 Å². The van der Waals surface area contributed by atoms with Crippen LogP contribution in [-0.2, 0) is 12.8 Å². The van der Waals surface area contributed by atoms with Crippen LogP contribution in [0.2, 0.25) is 5.02 Å². The zero-order valence-corrected chi connectivity index (χ0v) is 20.6. The van der Waals surface area contributed by atoms with Crippen LogP contribution in [0.15, 0.2) is 57.9 Å². The van der Waals surface area contributed by atoms with E-state index < -0.39 is 5.56 Å². The van der Waals surface area contributed by atoms with Gasteiger partial charge in [-0.3, -0.25) is 4.79 Å². The first-order valence-electron chi connectivity index (χ1n) is 11.4. The fourth-order valence-electron chi connectivity index (χ4n) is 4.08. The molecule has 0 unspecified atom stereocenters. The van der Waals surface area contributed by atoms with Crippen molar-refractivity contribution in [2.75, 3.05) is 14.2 Å². The third-order valence-electron chi connectivity index (χ3n) is 5.81. The van der Waals surface area contributed by atoms with Crippen LogP contribution < -0.4 is 15.0 Å². The average molecular weight is 495 g/mol. The Kier molecular flexibility index (Phi) is 7.46. The molecule has 4 aromatic rings. The van der Waals surface area contributed by atoms with Crippen molar-refractivity contribution in [3.05, 3.63) is 81.1 Å². The van der Waals surface area contributed by atoms with Gasteiger partial charge in [-0.25, -0.2) is 4.98 Å². The zero-order chi connectivity index (χ0) is 24.9. The van der Waals surface area contributed by atoms with E-state index in [1.165, 1.54) is 6.20 Å². The van der Waals surface area contributed by atoms with Gasteiger partial charge in [0.05, 0.1) is 31.5 Å². The molecule has 0 bridgehead atoms. The monoisotopic (exact) mass is 494 g/mol. The van der Waals surface area contributed by atoms with E-state index in [1.807, 2.05) is 18.2 Å². The molecule has 2 heterocycles. The molecule has 0 amide bonds. The Balaban J connectivity index is 1.88. The van der Waals surface area contributed by atoms with Crippen molar-refractivity contribution in [1.82, 2.24) is 9.97 Å². The number of hydrogen-bond acceptors (Lipinski definition) is 6. The van der Waals surface area contributed by atoms with Gasteiger partial charge in [0.15, 0.2) is 0 Å². The molecular formula is C27H27ClN2O5. The molecule has 2 aromatic carbocycles. The summed E-state index contributed by atoms with van der Waals surface area (Å²) in [6.07, 6.45) is 4.22. The number of oxazole rings is 1. The molecule has 0 saturated carbocycles. The van der Waals surface area contributed by atoms with E-state index in [1.54, 1.807) is 38.5 Å². The Morgan fingerprint density at radius 2 is 1.74 bits per heavy atom. The molecule has 0 radical (unpaired) electrons. The second-order valence-corrected chi connectivity index (χ2v) is 8.48. The van der Waals surface area contributed by atoms with Crippen LogP contribution in [0.3, 0.4) is 0 Å². The molecular weight excluding hydrogens is 468 g/mol. The molecule has 182 valence electrons. The van der Waals surface area contributed by atoms with Crippen LogP contribution in [0.5, 0.6) is 17.2 Å². The van der Waals surface area contributed by atoms with Crippen molar-refractivity contribution in [3.63, 3.8) is 0 Å². The number of pyridine rings is 1. The maximum Gasteiger partial charge on any atom is 0.264 e. The quantitative estimate of drug-likeness (QED) is 0.296. The van der Waals surface area contributed by atoms with E-state index in [-0.39, 0.29) is 17.2 Å². The Bertz CT molecular complexity index is 1370. The highest BCUT2D eigenvalue weighted by atomic mass is 35.5. The summed E-state index contributed by atoms with van der Waals surface area (Å²) < 4.78 is 17.1. The van der Waals surface area contributed by atoms with E-state index in [2.05, 4.69) is 16.9 Å². The fraction of sp³-hybridized carbons (Fsp3) is 0.259. The summed E-state index contributed by atoms with van der Waals surface area (Å²) in [6.45, 7) is 2.06. The van der Waals surface area contributed by atoms with E-state index >= 15 is 0 Å². The lowest BCUT2D eigenvalue weighted by molar-refractivity contribution is 0.396. The molecule has 0 spiro atoms. The minimum atomic E-state index is -0.489. The minimum Gasteiger partial charge on any atom is -0.506 e. The number of methoxy groups -OCH3 is 2. The first-order valence-corrected chi connectivity index (χ1v) is 11.7. The van der Waals surface area contributed by atoms with Gasteiger partial charge in [-0.1, -0.05) is 49.2 Å². The second kappa shape index (κ2) is 10.7. The molecule has 2 aromatic heterocycles. The van der Waals surface area contributed by atoms with Gasteiger partial charge in [-0.05, 0) is 36.6 Å². The first-order chi connectivity index (χ1) is 17.0. The Hall–Kier alpha value is -3.71. The highest BCUT2D eigenvalue weighted by Crippen LogP contribution is 2.46. The Morgan fingerprint density at radius 3 is 2.40 bits per heavy atom. The lowest BCUT2D eigenvalue weighted by atomic mass is 9.96. The Labute approximate surface area is 208 Å². The standard InChI is InChI=1S/C27H27ClN2O5/c1-4-5-11-19-22(23-20(33-2)12-8-13-21(23)34-3)25(31)24(26(32)30-19)27-29-15-17(35-27)14-16-9-6-7-10-18(16)28/h6-10,12-13,15H,4-5,11,14H2,1-3H3,(H2,30,31,32). The van der Waals surface area contributed by atoms with Crippen LogP contribution in [0.4, 0.5) is 0 Å². The molecule has 35 heavy (non-hydrogen) atoms. The number of nitrogens with zero attached hydrogens (tertiary/aromatic N) is 1. The van der Waals surface area contributed by atoms with E-state index in [0.717, 1.165) is 18.4 Å². The number of benzene rings is 2. The highest BCUT2D eigenvalue weighted by Gasteiger charge is 2.27. The summed E-state index contributed by atoms with van der Waals surface area (Å²) in [5, 5.41) is 12.1. The average Bonchev–Trinajstić information content (AvgIpc) is 3.31.